The van der Waals surface area contributed by atoms with Crippen LogP contribution in [0.15, 0.2) is 0 Å². The van der Waals surface area contributed by atoms with Crippen LogP contribution < -0.4 is 5.32 Å². The first kappa shape index (κ1) is 18.0. The third-order valence-electron chi connectivity index (χ3n) is 3.51. The van der Waals surface area contributed by atoms with Crippen molar-refractivity contribution in [3.63, 3.8) is 0 Å². The molecule has 0 aliphatic heterocycles. The van der Waals surface area contributed by atoms with Crippen molar-refractivity contribution in [2.45, 2.75) is 44.7 Å². The molecule has 0 bridgehead atoms. The fourth-order valence-electron chi connectivity index (χ4n) is 2.21. The summed E-state index contributed by atoms with van der Waals surface area (Å²) < 4.78 is 0. The molecule has 1 N–H and O–H groups in total. The Balaban J connectivity index is 0.00000289. The second-order valence-corrected chi connectivity index (χ2v) is 4.67. The molecule has 99 valence electrons. The van der Waals surface area contributed by atoms with Gasteiger partial charge in [0.1, 0.15) is 0 Å². The minimum absolute atomic E-state index is 0. The van der Waals surface area contributed by atoms with E-state index in [1.807, 2.05) is 6.07 Å². The number of hydrogen-bond donors (Lipinski definition) is 1. The van der Waals surface area contributed by atoms with E-state index in [1.165, 1.54) is 12.8 Å². The van der Waals surface area contributed by atoms with Gasteiger partial charge in [0.2, 0.25) is 5.91 Å². The first-order chi connectivity index (χ1) is 8.08. The molecule has 1 aliphatic rings. The average Bonchev–Trinajstić information content (AvgIpc) is 2.81. The summed E-state index contributed by atoms with van der Waals surface area (Å²) in [5.74, 6) is 0.615. The maximum atomic E-state index is 11.7. The minimum atomic E-state index is -0.712. The minimum Gasteiger partial charge on any atom is -0.505 e. The van der Waals surface area contributed by atoms with Gasteiger partial charge in [0.05, 0.1) is 12.6 Å². The largest absolute Gasteiger partial charge is 0.505 e. The Morgan fingerprint density at radius 3 is 2.78 bits per heavy atom. The molecule has 2 unspecified atom stereocenters. The third kappa shape index (κ3) is 5.34. The topological polar surface area (TPSA) is 56.1 Å². The number of nitriles is 1. The molecule has 1 aliphatic carbocycles. The molecule has 1 saturated carbocycles. The summed E-state index contributed by atoms with van der Waals surface area (Å²) in [6.07, 6.45) is 4.73. The summed E-state index contributed by atoms with van der Waals surface area (Å²) in [4.78, 5) is 12.8. The Morgan fingerprint density at radius 1 is 1.61 bits per heavy atom. The van der Waals surface area contributed by atoms with Gasteiger partial charge >= 0.3 is 0 Å². The molecule has 3 atom stereocenters. The van der Waals surface area contributed by atoms with E-state index in [2.05, 4.69) is 26.2 Å². The third-order valence-corrected chi connectivity index (χ3v) is 3.51. The van der Waals surface area contributed by atoms with E-state index >= 15 is 0 Å². The number of rotatable bonds is 5. The quantitative estimate of drug-likeness (QED) is 0.780. The van der Waals surface area contributed by atoms with Gasteiger partial charge in [-0.05, 0) is 31.2 Å². The molecule has 0 aromatic rings. The first-order valence-corrected chi connectivity index (χ1v) is 6.17. The molecular formula is C13H21N3OY-2. The molecule has 0 spiro atoms. The zero-order chi connectivity index (χ0) is 12.8. The molecule has 1 rings (SSSR count). The Bertz CT molecular complexity index is 303. The van der Waals surface area contributed by atoms with Crippen molar-refractivity contribution >= 4 is 5.91 Å². The Labute approximate surface area is 135 Å². The van der Waals surface area contributed by atoms with Gasteiger partial charge in [-0.3, -0.25) is 11.8 Å². The van der Waals surface area contributed by atoms with Crippen LogP contribution in [0.2, 0.25) is 0 Å². The van der Waals surface area contributed by atoms with Gasteiger partial charge in [-0.1, -0.05) is 13.3 Å². The Kier molecular flexibility index (Phi) is 9.02. The van der Waals surface area contributed by atoms with Crippen molar-refractivity contribution < 1.29 is 37.5 Å². The standard InChI is InChI=1S/C13H21N3O.Y/c1-4-11-5-6-12(7-11)15-9-13(17)16(3)10(2)8-14;/h10-12,15H,2-7,9H2,1H3;/q-2;/t10-,11?,12?;/m0./s1. The SMILES string of the molecule is [CH2-][C@@H](C#N)N([CH2-])C(=O)CNC1CCC(CC)C1.[Y]. The van der Waals surface area contributed by atoms with Crippen LogP contribution in [0.5, 0.6) is 0 Å². The van der Waals surface area contributed by atoms with Gasteiger partial charge in [-0.2, -0.15) is 5.26 Å². The number of nitrogens with zero attached hydrogens (tertiary/aromatic N) is 2. The molecule has 4 nitrogen and oxygen atoms in total. The average molecular weight is 324 g/mol. The summed E-state index contributed by atoms with van der Waals surface area (Å²) in [5, 5.41) is 11.9. The molecule has 1 fully saturated rings. The van der Waals surface area contributed by atoms with E-state index in [1.54, 1.807) is 0 Å². The van der Waals surface area contributed by atoms with Crippen LogP contribution >= 0.6 is 0 Å². The molecule has 18 heavy (non-hydrogen) atoms. The predicted octanol–water partition coefficient (Wildman–Crippen LogP) is 1.50. The molecule has 1 amide bonds. The molecule has 0 saturated heterocycles. The van der Waals surface area contributed by atoms with Crippen molar-refractivity contribution in [3.05, 3.63) is 14.0 Å². The molecular weight excluding hydrogens is 303 g/mol. The van der Waals surface area contributed by atoms with Crippen LogP contribution in [0.3, 0.4) is 0 Å². The summed E-state index contributed by atoms with van der Waals surface area (Å²) in [6.45, 7) is 5.99. The zero-order valence-electron chi connectivity index (χ0n) is 11.1. The Hall–Kier alpha value is 0.0239. The number of carbonyl (C=O) groups excluding carboxylic acids is 1. The zero-order valence-corrected chi connectivity index (χ0v) is 13.9. The van der Waals surface area contributed by atoms with Gasteiger partial charge in [-0.15, -0.1) is 0 Å². The summed E-state index contributed by atoms with van der Waals surface area (Å²) in [5.41, 5.74) is 0. The second kappa shape index (κ2) is 9.01. The molecule has 1 radical (unpaired) electrons. The van der Waals surface area contributed by atoms with E-state index < -0.39 is 6.04 Å². The smallest absolute Gasteiger partial charge is 0.206 e. The van der Waals surface area contributed by atoms with Crippen molar-refractivity contribution in [2.75, 3.05) is 6.54 Å². The predicted molar refractivity (Wildman–Crippen MR) is 66.4 cm³/mol. The maximum Gasteiger partial charge on any atom is 0.206 e. The molecule has 5 heteroatoms. The van der Waals surface area contributed by atoms with Gasteiger partial charge in [0.15, 0.2) is 0 Å². The number of nitrogens with one attached hydrogen (secondary N) is 1. The maximum absolute atomic E-state index is 11.7. The van der Waals surface area contributed by atoms with Crippen LogP contribution in [0.4, 0.5) is 0 Å². The van der Waals surface area contributed by atoms with Crippen LogP contribution in [0, 0.1) is 31.2 Å². The van der Waals surface area contributed by atoms with Crippen molar-refractivity contribution in [2.24, 2.45) is 5.92 Å². The molecule has 0 aromatic heterocycles. The van der Waals surface area contributed by atoms with E-state index in [0.29, 0.717) is 6.04 Å². The van der Waals surface area contributed by atoms with Gasteiger partial charge in [-0.25, -0.2) is 0 Å². The molecule has 0 heterocycles. The van der Waals surface area contributed by atoms with E-state index in [0.717, 1.165) is 23.7 Å². The van der Waals surface area contributed by atoms with Crippen LogP contribution in [-0.2, 0) is 37.5 Å². The van der Waals surface area contributed by atoms with Gasteiger partial charge in [0, 0.05) is 38.8 Å². The first-order valence-electron chi connectivity index (χ1n) is 6.17. The van der Waals surface area contributed by atoms with Gasteiger partial charge < -0.3 is 17.1 Å². The molecule has 0 aromatic carbocycles. The fraction of sp³-hybridized carbons (Fsp3) is 0.692. The van der Waals surface area contributed by atoms with Crippen LogP contribution in [0.25, 0.3) is 0 Å². The fourth-order valence-corrected chi connectivity index (χ4v) is 2.21. The van der Waals surface area contributed by atoms with E-state index in [9.17, 15) is 4.79 Å². The van der Waals surface area contributed by atoms with Crippen molar-refractivity contribution in [1.29, 1.82) is 5.26 Å². The monoisotopic (exact) mass is 324 g/mol. The summed E-state index contributed by atoms with van der Waals surface area (Å²) in [7, 11) is 3.54. The van der Waals surface area contributed by atoms with Gasteiger partial charge in [0.25, 0.3) is 0 Å². The Morgan fingerprint density at radius 2 is 2.28 bits per heavy atom. The number of amides is 1. The normalized spacial score (nSPS) is 23.9. The summed E-state index contributed by atoms with van der Waals surface area (Å²) >= 11 is 0. The van der Waals surface area contributed by atoms with Crippen LogP contribution in [0.1, 0.15) is 32.6 Å². The second-order valence-electron chi connectivity index (χ2n) is 4.67. The number of carbonyl (C=O) groups is 1. The number of hydrogen-bond acceptors (Lipinski definition) is 3. The van der Waals surface area contributed by atoms with Crippen molar-refractivity contribution in [3.8, 4) is 6.07 Å². The van der Waals surface area contributed by atoms with E-state index in [4.69, 9.17) is 5.26 Å². The van der Waals surface area contributed by atoms with E-state index in [-0.39, 0.29) is 45.2 Å². The summed E-state index contributed by atoms with van der Waals surface area (Å²) in [6, 6.07) is 1.61. The van der Waals surface area contributed by atoms with Crippen molar-refractivity contribution in [1.82, 2.24) is 10.2 Å². The van der Waals surface area contributed by atoms with Crippen LogP contribution in [-0.4, -0.2) is 29.4 Å².